The molecule has 1 aliphatic heterocycles. The van der Waals surface area contributed by atoms with Gasteiger partial charge in [0, 0.05) is 23.7 Å². The van der Waals surface area contributed by atoms with Crippen molar-refractivity contribution in [1.29, 1.82) is 0 Å². The predicted molar refractivity (Wildman–Crippen MR) is 139 cm³/mol. The van der Waals surface area contributed by atoms with Gasteiger partial charge in [0.2, 0.25) is 0 Å². The quantitative estimate of drug-likeness (QED) is 0.357. The lowest BCUT2D eigenvalue weighted by molar-refractivity contribution is -0.138. The molecule has 1 fully saturated rings. The zero-order chi connectivity index (χ0) is 26.6. The van der Waals surface area contributed by atoms with Crippen LogP contribution in [0.15, 0.2) is 54.7 Å². The second-order valence-corrected chi connectivity index (χ2v) is 9.76. The molecule has 1 saturated heterocycles. The number of Topliss-reactive ketones (excluding diaryl/α,β-unsaturated/α-hetero) is 1. The normalized spacial score (nSPS) is 14.7. The number of aromatic nitrogens is 1. The van der Waals surface area contributed by atoms with Gasteiger partial charge in [-0.05, 0) is 93.2 Å². The van der Waals surface area contributed by atoms with Crippen molar-refractivity contribution in [2.24, 2.45) is 5.92 Å². The Balaban J connectivity index is 1.53. The maximum atomic E-state index is 13.9. The Hall–Kier alpha value is -3.63. The molecular formula is C30H30F3N3O. The van der Waals surface area contributed by atoms with Crippen molar-refractivity contribution in [3.63, 3.8) is 0 Å². The minimum absolute atomic E-state index is 0.122. The molecule has 2 heterocycles. The summed E-state index contributed by atoms with van der Waals surface area (Å²) in [4.78, 5) is 19.2. The van der Waals surface area contributed by atoms with E-state index in [2.05, 4.69) is 21.7 Å². The van der Waals surface area contributed by atoms with Gasteiger partial charge in [-0.1, -0.05) is 36.1 Å². The molecule has 4 rings (SSSR count). The third kappa shape index (κ3) is 6.78. The van der Waals surface area contributed by atoms with E-state index >= 15 is 0 Å². The first-order chi connectivity index (χ1) is 17.6. The summed E-state index contributed by atoms with van der Waals surface area (Å²) < 4.78 is 41.8. The summed E-state index contributed by atoms with van der Waals surface area (Å²) >= 11 is 0. The number of anilines is 1. The fraction of sp³-hybridized carbons (Fsp3) is 0.333. The number of aryl methyl sites for hydroxylation is 1. The van der Waals surface area contributed by atoms with Gasteiger partial charge in [0.25, 0.3) is 0 Å². The smallest absolute Gasteiger partial charge is 0.383 e. The number of alkyl halides is 3. The second-order valence-electron chi connectivity index (χ2n) is 9.76. The minimum atomic E-state index is -4.47. The number of hydrogen-bond acceptors (Lipinski definition) is 4. The summed E-state index contributed by atoms with van der Waals surface area (Å²) in [5, 5.41) is 0. The predicted octanol–water partition coefficient (Wildman–Crippen LogP) is 5.70. The molecule has 7 heteroatoms. The Kier molecular flexibility index (Phi) is 7.99. The van der Waals surface area contributed by atoms with Crippen LogP contribution in [0.1, 0.15) is 56.6 Å². The third-order valence-corrected chi connectivity index (χ3v) is 6.92. The lowest BCUT2D eigenvalue weighted by atomic mass is 9.87. The van der Waals surface area contributed by atoms with Gasteiger partial charge in [0.05, 0.1) is 11.1 Å². The molecule has 0 saturated carbocycles. The molecule has 0 unspecified atom stereocenters. The molecule has 0 spiro atoms. The Morgan fingerprint density at radius 2 is 1.81 bits per heavy atom. The molecule has 37 heavy (non-hydrogen) atoms. The molecular weight excluding hydrogens is 475 g/mol. The number of halogens is 3. The monoisotopic (exact) mass is 505 g/mol. The summed E-state index contributed by atoms with van der Waals surface area (Å²) in [6, 6.07) is 13.0. The molecule has 192 valence electrons. The maximum Gasteiger partial charge on any atom is 0.416 e. The van der Waals surface area contributed by atoms with Gasteiger partial charge in [0.15, 0.2) is 5.78 Å². The molecule has 4 nitrogen and oxygen atoms in total. The van der Waals surface area contributed by atoms with E-state index in [1.807, 2.05) is 14.0 Å². The number of nitrogens with two attached hydrogens (primary N) is 1. The van der Waals surface area contributed by atoms with Crippen LogP contribution in [-0.4, -0.2) is 35.8 Å². The number of nitrogen functional groups attached to an aromatic ring is 1. The number of nitrogens with zero attached hydrogens (tertiary/aromatic N) is 2. The van der Waals surface area contributed by atoms with Crippen molar-refractivity contribution < 1.29 is 18.0 Å². The Morgan fingerprint density at radius 3 is 2.51 bits per heavy atom. The van der Waals surface area contributed by atoms with Crippen molar-refractivity contribution in [1.82, 2.24) is 9.88 Å². The second kappa shape index (κ2) is 11.2. The van der Waals surface area contributed by atoms with Gasteiger partial charge < -0.3 is 10.6 Å². The highest BCUT2D eigenvalue weighted by molar-refractivity contribution is 5.98. The number of piperidine rings is 1. The lowest BCUT2D eigenvalue weighted by Gasteiger charge is -2.29. The first-order valence-electron chi connectivity index (χ1n) is 12.3. The van der Waals surface area contributed by atoms with Crippen LogP contribution in [0.5, 0.6) is 0 Å². The topological polar surface area (TPSA) is 59.2 Å². The van der Waals surface area contributed by atoms with Gasteiger partial charge in [0.1, 0.15) is 5.82 Å². The molecule has 0 amide bonds. The first kappa shape index (κ1) is 26.4. The van der Waals surface area contributed by atoms with E-state index < -0.39 is 11.7 Å². The fourth-order valence-electron chi connectivity index (χ4n) is 4.63. The number of pyridine rings is 1. The summed E-state index contributed by atoms with van der Waals surface area (Å²) in [5.41, 5.74) is 8.38. The average Bonchev–Trinajstić information content (AvgIpc) is 2.86. The molecule has 0 atom stereocenters. The fourth-order valence-corrected chi connectivity index (χ4v) is 4.63. The standard InChI is InChI=1S/C30H30F3N3O/c1-20-5-7-26(19-24(20)10-9-23-4-3-13-35-29(23)34)28(37)18-22-6-8-25(27(17-22)30(31,32)33)16-21-11-14-36(2)15-12-21/h3-8,13,17,19,21H,11-12,14-16,18H2,1-2H3,(H2,34,35). The van der Waals surface area contributed by atoms with E-state index in [1.54, 1.807) is 48.7 Å². The van der Waals surface area contributed by atoms with Crippen molar-refractivity contribution in [2.75, 3.05) is 25.9 Å². The highest BCUT2D eigenvalue weighted by Gasteiger charge is 2.34. The summed E-state index contributed by atoms with van der Waals surface area (Å²) in [7, 11) is 2.03. The van der Waals surface area contributed by atoms with Crippen LogP contribution >= 0.6 is 0 Å². The Morgan fingerprint density at radius 1 is 1.08 bits per heavy atom. The highest BCUT2D eigenvalue weighted by atomic mass is 19.4. The average molecular weight is 506 g/mol. The van der Waals surface area contributed by atoms with Gasteiger partial charge in [-0.2, -0.15) is 13.2 Å². The summed E-state index contributed by atoms with van der Waals surface area (Å²) in [6.45, 7) is 3.68. The molecule has 0 radical (unpaired) electrons. The largest absolute Gasteiger partial charge is 0.416 e. The van der Waals surface area contributed by atoms with Crippen LogP contribution in [-0.2, 0) is 19.0 Å². The molecule has 2 N–H and O–H groups in total. The number of hydrogen-bond donors (Lipinski definition) is 1. The van der Waals surface area contributed by atoms with E-state index in [0.29, 0.717) is 40.1 Å². The van der Waals surface area contributed by atoms with Gasteiger partial charge >= 0.3 is 6.18 Å². The van der Waals surface area contributed by atoms with Gasteiger partial charge in [-0.15, -0.1) is 0 Å². The van der Waals surface area contributed by atoms with E-state index in [4.69, 9.17) is 5.73 Å². The Bertz CT molecular complexity index is 1350. The molecule has 3 aromatic rings. The highest BCUT2D eigenvalue weighted by Crippen LogP contribution is 2.35. The number of ketones is 1. The number of benzene rings is 2. The molecule has 0 bridgehead atoms. The maximum absolute atomic E-state index is 13.9. The number of rotatable bonds is 5. The SMILES string of the molecule is Cc1ccc(C(=O)Cc2ccc(CC3CCN(C)CC3)c(C(F)(F)F)c2)cc1C#Cc1cccnc1N. The van der Waals surface area contributed by atoms with Crippen LogP contribution in [0.25, 0.3) is 0 Å². The Labute approximate surface area is 215 Å². The van der Waals surface area contributed by atoms with Crippen molar-refractivity contribution >= 4 is 11.6 Å². The van der Waals surface area contributed by atoms with Crippen LogP contribution < -0.4 is 5.73 Å². The van der Waals surface area contributed by atoms with Crippen molar-refractivity contribution in [3.8, 4) is 11.8 Å². The van der Waals surface area contributed by atoms with Crippen LogP contribution in [0.4, 0.5) is 19.0 Å². The summed E-state index contributed by atoms with van der Waals surface area (Å²) in [5.74, 6) is 6.30. The molecule has 1 aliphatic rings. The number of carbonyl (C=O) groups is 1. The van der Waals surface area contributed by atoms with Gasteiger partial charge in [-0.3, -0.25) is 4.79 Å². The number of likely N-dealkylation sites (tertiary alicyclic amines) is 1. The summed E-state index contributed by atoms with van der Waals surface area (Å²) in [6.07, 6.45) is -0.835. The van der Waals surface area contributed by atoms with E-state index in [9.17, 15) is 18.0 Å². The minimum Gasteiger partial charge on any atom is -0.383 e. The van der Waals surface area contributed by atoms with E-state index in [-0.39, 0.29) is 18.1 Å². The van der Waals surface area contributed by atoms with Gasteiger partial charge in [-0.25, -0.2) is 4.98 Å². The lowest BCUT2D eigenvalue weighted by Crippen LogP contribution is -2.31. The van der Waals surface area contributed by atoms with Crippen LogP contribution in [0.3, 0.4) is 0 Å². The third-order valence-electron chi connectivity index (χ3n) is 6.92. The zero-order valence-corrected chi connectivity index (χ0v) is 21.0. The zero-order valence-electron chi connectivity index (χ0n) is 21.0. The number of carbonyl (C=O) groups excluding carboxylic acids is 1. The van der Waals surface area contributed by atoms with E-state index in [0.717, 1.165) is 37.6 Å². The van der Waals surface area contributed by atoms with Crippen molar-refractivity contribution in [3.05, 3.63) is 93.7 Å². The molecule has 0 aliphatic carbocycles. The van der Waals surface area contributed by atoms with Crippen LogP contribution in [0, 0.1) is 24.7 Å². The molecule has 2 aromatic carbocycles. The first-order valence-corrected chi connectivity index (χ1v) is 12.3. The van der Waals surface area contributed by atoms with Crippen LogP contribution in [0.2, 0.25) is 0 Å². The van der Waals surface area contributed by atoms with Crippen molar-refractivity contribution in [2.45, 2.75) is 38.8 Å². The van der Waals surface area contributed by atoms with E-state index in [1.165, 1.54) is 0 Å². The molecule has 1 aromatic heterocycles.